The molecule has 0 aliphatic rings. The summed E-state index contributed by atoms with van der Waals surface area (Å²) in [5, 5.41) is 13.1. The number of amides is 1. The van der Waals surface area contributed by atoms with Gasteiger partial charge in [-0.2, -0.15) is 5.10 Å². The first-order valence-electron chi connectivity index (χ1n) is 14.5. The minimum Gasteiger partial charge on any atom is -0.493 e. The van der Waals surface area contributed by atoms with Crippen LogP contribution in [0.5, 0.6) is 5.75 Å². The second kappa shape index (κ2) is 13.6. The van der Waals surface area contributed by atoms with Gasteiger partial charge in [-0.1, -0.05) is 100 Å². The SMILES string of the molecule is CCC(C)(C)c1ccc(OCCCC(=O)Nc2[nH]n(-c3c(Cl)cc(Cl)cc3Cl)c(=O)c2-c2[nH]ncc2Cl)c(C(C)(C)CC)c1. The molecular formula is C32H37Cl4N5O3. The number of rotatable bonds is 12. The number of ether oxygens (including phenoxy) is 1. The Morgan fingerprint density at radius 1 is 0.977 bits per heavy atom. The summed E-state index contributed by atoms with van der Waals surface area (Å²) in [4.78, 5) is 26.7. The summed E-state index contributed by atoms with van der Waals surface area (Å²) in [6.45, 7) is 13.6. The fourth-order valence-corrected chi connectivity index (χ4v) is 5.90. The van der Waals surface area contributed by atoms with Crippen LogP contribution >= 0.6 is 46.4 Å². The Labute approximate surface area is 277 Å². The molecule has 0 fully saturated rings. The molecule has 0 aliphatic carbocycles. The van der Waals surface area contributed by atoms with Crippen LogP contribution < -0.4 is 15.6 Å². The monoisotopic (exact) mass is 679 g/mol. The Morgan fingerprint density at radius 2 is 1.64 bits per heavy atom. The zero-order chi connectivity index (χ0) is 32.4. The van der Waals surface area contributed by atoms with E-state index in [9.17, 15) is 9.59 Å². The third kappa shape index (κ3) is 7.15. The Hall–Kier alpha value is -2.91. The highest BCUT2D eigenvalue weighted by molar-refractivity contribution is 6.40. The van der Waals surface area contributed by atoms with Gasteiger partial charge in [0.25, 0.3) is 5.56 Å². The smallest absolute Gasteiger partial charge is 0.283 e. The lowest BCUT2D eigenvalue weighted by molar-refractivity contribution is -0.116. The molecule has 236 valence electrons. The van der Waals surface area contributed by atoms with Crippen molar-refractivity contribution in [2.75, 3.05) is 11.9 Å². The number of benzene rings is 2. The van der Waals surface area contributed by atoms with Crippen molar-refractivity contribution in [1.82, 2.24) is 20.0 Å². The molecule has 2 aromatic heterocycles. The first kappa shape index (κ1) is 34.0. The van der Waals surface area contributed by atoms with Gasteiger partial charge < -0.3 is 10.1 Å². The molecule has 0 spiro atoms. The summed E-state index contributed by atoms with van der Waals surface area (Å²) >= 11 is 25.1. The number of nitrogens with one attached hydrogen (secondary N) is 3. The highest BCUT2D eigenvalue weighted by atomic mass is 35.5. The van der Waals surface area contributed by atoms with Crippen LogP contribution in [0.25, 0.3) is 16.9 Å². The molecule has 2 aromatic carbocycles. The number of carbonyl (C=O) groups excluding carboxylic acids is 1. The maximum atomic E-state index is 13.6. The molecule has 3 N–H and O–H groups in total. The average Bonchev–Trinajstić information content (AvgIpc) is 3.51. The molecular weight excluding hydrogens is 644 g/mol. The number of hydrogen-bond donors (Lipinski definition) is 3. The van der Waals surface area contributed by atoms with Crippen LogP contribution in [0.3, 0.4) is 0 Å². The second-order valence-electron chi connectivity index (χ2n) is 12.0. The predicted molar refractivity (Wildman–Crippen MR) is 180 cm³/mol. The van der Waals surface area contributed by atoms with Crippen molar-refractivity contribution in [3.8, 4) is 22.7 Å². The third-order valence-corrected chi connectivity index (χ3v) is 9.35. The van der Waals surface area contributed by atoms with Gasteiger partial charge in [0.15, 0.2) is 0 Å². The third-order valence-electron chi connectivity index (χ3n) is 8.27. The Morgan fingerprint density at radius 3 is 2.23 bits per heavy atom. The van der Waals surface area contributed by atoms with Gasteiger partial charge in [0, 0.05) is 17.0 Å². The predicted octanol–water partition coefficient (Wildman–Crippen LogP) is 9.34. The molecule has 2 heterocycles. The molecule has 8 nitrogen and oxygen atoms in total. The van der Waals surface area contributed by atoms with Crippen LogP contribution in [0.15, 0.2) is 41.3 Å². The van der Waals surface area contributed by atoms with E-state index < -0.39 is 5.56 Å². The Kier molecular flexibility index (Phi) is 10.5. The van der Waals surface area contributed by atoms with Gasteiger partial charge in [-0.15, -0.1) is 0 Å². The number of hydrogen-bond acceptors (Lipinski definition) is 4. The zero-order valence-corrected chi connectivity index (χ0v) is 28.7. The van der Waals surface area contributed by atoms with E-state index in [-0.39, 0.29) is 61.0 Å². The highest BCUT2D eigenvalue weighted by Gasteiger charge is 2.27. The molecule has 0 saturated carbocycles. The Bertz CT molecular complexity index is 1700. The standard InChI is InChI=1S/C32H37Cl4N5O3/c1-7-31(3,4)18-11-12-24(20(14-18)32(5,6)8-2)44-13-9-10-25(42)38-29-26(27-23(36)17-37-39-27)30(43)41(40-29)28-21(34)15-19(33)16-22(28)35/h11-12,14-17,40H,7-10,13H2,1-6H3,(H,37,39)(H,38,42). The summed E-state index contributed by atoms with van der Waals surface area (Å²) in [6.07, 6.45) is 3.92. The van der Waals surface area contributed by atoms with E-state index in [1.165, 1.54) is 23.9 Å². The van der Waals surface area contributed by atoms with Crippen molar-refractivity contribution in [3.05, 3.63) is 78.1 Å². The normalized spacial score (nSPS) is 12.0. The fourth-order valence-electron chi connectivity index (χ4n) is 4.73. The quantitative estimate of drug-likeness (QED) is 0.130. The van der Waals surface area contributed by atoms with E-state index >= 15 is 0 Å². The number of H-pyrrole nitrogens is 2. The van der Waals surface area contributed by atoms with E-state index in [4.69, 9.17) is 51.1 Å². The number of nitrogens with zero attached hydrogens (tertiary/aromatic N) is 2. The zero-order valence-electron chi connectivity index (χ0n) is 25.6. The largest absolute Gasteiger partial charge is 0.493 e. The van der Waals surface area contributed by atoms with Gasteiger partial charge >= 0.3 is 0 Å². The Balaban J connectivity index is 1.53. The van der Waals surface area contributed by atoms with Crippen LogP contribution in [0, 0.1) is 0 Å². The second-order valence-corrected chi connectivity index (χ2v) is 13.7. The maximum Gasteiger partial charge on any atom is 0.283 e. The topological polar surface area (TPSA) is 105 Å². The van der Waals surface area contributed by atoms with Gasteiger partial charge in [-0.3, -0.25) is 19.8 Å². The summed E-state index contributed by atoms with van der Waals surface area (Å²) < 4.78 is 7.36. The molecule has 0 atom stereocenters. The van der Waals surface area contributed by atoms with Crippen LogP contribution in [0.4, 0.5) is 5.82 Å². The van der Waals surface area contributed by atoms with Crippen molar-refractivity contribution in [2.45, 2.75) is 78.1 Å². The van der Waals surface area contributed by atoms with Crippen molar-refractivity contribution in [2.24, 2.45) is 0 Å². The maximum absolute atomic E-state index is 13.6. The molecule has 0 bridgehead atoms. The van der Waals surface area contributed by atoms with E-state index in [2.05, 4.69) is 74.3 Å². The lowest BCUT2D eigenvalue weighted by atomic mass is 9.76. The first-order valence-corrected chi connectivity index (χ1v) is 16.0. The number of carbonyl (C=O) groups is 1. The van der Waals surface area contributed by atoms with Gasteiger partial charge in [0.2, 0.25) is 5.91 Å². The average molecular weight is 681 g/mol. The van der Waals surface area contributed by atoms with E-state index in [0.717, 1.165) is 28.8 Å². The molecule has 0 aliphatic heterocycles. The molecule has 4 aromatic rings. The molecule has 44 heavy (non-hydrogen) atoms. The summed E-state index contributed by atoms with van der Waals surface area (Å²) in [5.74, 6) is 0.596. The van der Waals surface area contributed by atoms with Gasteiger partial charge in [-0.25, -0.2) is 4.68 Å². The van der Waals surface area contributed by atoms with Gasteiger partial charge in [0.1, 0.15) is 22.8 Å². The van der Waals surface area contributed by atoms with Gasteiger partial charge in [0.05, 0.1) is 33.6 Å². The number of halogens is 4. The van der Waals surface area contributed by atoms with E-state index in [1.807, 2.05) is 6.07 Å². The van der Waals surface area contributed by atoms with Crippen LogP contribution in [0.2, 0.25) is 20.1 Å². The van der Waals surface area contributed by atoms with Crippen molar-refractivity contribution >= 4 is 58.1 Å². The van der Waals surface area contributed by atoms with Gasteiger partial charge in [-0.05, 0) is 53.9 Å². The van der Waals surface area contributed by atoms with E-state index in [1.54, 1.807) is 0 Å². The minimum absolute atomic E-state index is 0.0542. The van der Waals surface area contributed by atoms with Crippen LogP contribution in [-0.4, -0.2) is 32.5 Å². The number of aromatic nitrogens is 4. The van der Waals surface area contributed by atoms with Crippen LogP contribution in [0.1, 0.15) is 78.4 Å². The van der Waals surface area contributed by atoms with Crippen LogP contribution in [-0.2, 0) is 15.6 Å². The number of aromatic amines is 2. The lowest BCUT2D eigenvalue weighted by Gasteiger charge is -2.30. The molecule has 0 radical (unpaired) electrons. The molecule has 12 heteroatoms. The van der Waals surface area contributed by atoms with E-state index in [0.29, 0.717) is 18.1 Å². The first-order chi connectivity index (χ1) is 20.7. The summed E-state index contributed by atoms with van der Waals surface area (Å²) in [6, 6.07) is 9.36. The van der Waals surface area contributed by atoms with Crippen molar-refractivity contribution in [3.63, 3.8) is 0 Å². The molecule has 4 rings (SSSR count). The summed E-state index contributed by atoms with van der Waals surface area (Å²) in [7, 11) is 0. The highest BCUT2D eigenvalue weighted by Crippen LogP contribution is 2.39. The number of anilines is 1. The van der Waals surface area contributed by atoms with Crippen molar-refractivity contribution < 1.29 is 9.53 Å². The van der Waals surface area contributed by atoms with Crippen molar-refractivity contribution in [1.29, 1.82) is 0 Å². The molecule has 0 saturated heterocycles. The summed E-state index contributed by atoms with van der Waals surface area (Å²) in [5.41, 5.74) is 2.33. The lowest BCUT2D eigenvalue weighted by Crippen LogP contribution is -2.21. The minimum atomic E-state index is -0.554. The molecule has 1 amide bonds. The molecule has 0 unspecified atom stereocenters. The fraction of sp³-hybridized carbons (Fsp3) is 0.406.